The van der Waals surface area contributed by atoms with Gasteiger partial charge in [-0.15, -0.1) is 0 Å². The summed E-state index contributed by atoms with van der Waals surface area (Å²) >= 11 is 0. The van der Waals surface area contributed by atoms with Gasteiger partial charge in [0.05, 0.1) is 4.92 Å². The van der Waals surface area contributed by atoms with E-state index in [0.29, 0.717) is 17.9 Å². The van der Waals surface area contributed by atoms with Crippen molar-refractivity contribution in [3.8, 4) is 0 Å². The number of nitrogens with zero attached hydrogens (tertiary/aromatic N) is 2. The molecular weight excluding hydrogens is 249 g/mol. The van der Waals surface area contributed by atoms with Crippen LogP contribution in [-0.2, 0) is 13.2 Å². The molecule has 5 nitrogen and oxygen atoms in total. The molecule has 0 amide bonds. The minimum atomic E-state index is -0.474. The van der Waals surface area contributed by atoms with Crippen LogP contribution in [0.1, 0.15) is 17.5 Å². The first-order valence-corrected chi connectivity index (χ1v) is 6.17. The molecule has 0 radical (unpaired) electrons. The van der Waals surface area contributed by atoms with Crippen LogP contribution >= 0.6 is 0 Å². The van der Waals surface area contributed by atoms with Crippen molar-refractivity contribution in [2.24, 2.45) is 0 Å². The van der Waals surface area contributed by atoms with Gasteiger partial charge in [-0.2, -0.15) is 0 Å². The first-order valence-electron chi connectivity index (χ1n) is 6.17. The second-order valence-electron chi connectivity index (χ2n) is 4.45. The molecule has 0 aromatic heterocycles. The highest BCUT2D eigenvalue weighted by Crippen LogP contribution is 2.14. The van der Waals surface area contributed by atoms with Crippen LogP contribution in [0.25, 0.3) is 0 Å². The van der Waals surface area contributed by atoms with Crippen LogP contribution in [-0.4, -0.2) is 22.9 Å². The lowest BCUT2D eigenvalue weighted by Crippen LogP contribution is -2.39. The Balaban J connectivity index is 2.08. The maximum Gasteiger partial charge on any atom is 0.274 e. The van der Waals surface area contributed by atoms with E-state index in [1.54, 1.807) is 12.1 Å². The van der Waals surface area contributed by atoms with E-state index in [9.17, 15) is 14.5 Å². The predicted molar refractivity (Wildman–Crippen MR) is 69.4 cm³/mol. The van der Waals surface area contributed by atoms with Crippen LogP contribution in [0.15, 0.2) is 36.3 Å². The lowest BCUT2D eigenvalue weighted by atomic mass is 10.1. The Morgan fingerprint density at radius 2 is 2.05 bits per heavy atom. The lowest BCUT2D eigenvalue weighted by molar-refractivity contribution is -0.405. The summed E-state index contributed by atoms with van der Waals surface area (Å²) in [5.74, 6) is 0.533. The smallest absolute Gasteiger partial charge is 0.274 e. The second-order valence-corrected chi connectivity index (χ2v) is 4.45. The average molecular weight is 265 g/mol. The van der Waals surface area contributed by atoms with Gasteiger partial charge in [-0.25, -0.2) is 4.39 Å². The Kier molecular flexibility index (Phi) is 4.33. The number of nitrogens with one attached hydrogen (secondary N) is 1. The summed E-state index contributed by atoms with van der Waals surface area (Å²) in [5.41, 5.74) is 1.65. The molecule has 1 N–H and O–H groups in total. The third kappa shape index (κ3) is 3.67. The van der Waals surface area contributed by atoms with Gasteiger partial charge in [-0.05, 0) is 17.5 Å². The number of halogens is 1. The van der Waals surface area contributed by atoms with Gasteiger partial charge in [-0.1, -0.05) is 24.3 Å². The molecule has 6 heteroatoms. The van der Waals surface area contributed by atoms with E-state index >= 15 is 0 Å². The Bertz CT molecular complexity index is 473. The molecule has 19 heavy (non-hydrogen) atoms. The van der Waals surface area contributed by atoms with Crippen molar-refractivity contribution in [3.05, 3.63) is 57.5 Å². The molecule has 1 saturated heterocycles. The molecular formula is C13H16FN3O2. The fraction of sp³-hybridized carbons (Fsp3) is 0.385. The SMILES string of the molecule is O=[N+]([O-])C=C1NCCCN1Cc1ccc(CF)cc1. The summed E-state index contributed by atoms with van der Waals surface area (Å²) in [6.45, 7) is 1.63. The molecule has 0 spiro atoms. The molecule has 0 aliphatic carbocycles. The van der Waals surface area contributed by atoms with Gasteiger partial charge in [0.1, 0.15) is 6.67 Å². The number of benzene rings is 1. The second kappa shape index (κ2) is 6.17. The fourth-order valence-electron chi connectivity index (χ4n) is 2.06. The van der Waals surface area contributed by atoms with Gasteiger partial charge >= 0.3 is 0 Å². The molecule has 0 unspecified atom stereocenters. The summed E-state index contributed by atoms with van der Waals surface area (Å²) in [5, 5.41) is 13.6. The van der Waals surface area contributed by atoms with E-state index in [1.165, 1.54) is 0 Å². The van der Waals surface area contributed by atoms with Crippen molar-refractivity contribution in [3.63, 3.8) is 0 Å². The van der Waals surface area contributed by atoms with E-state index < -0.39 is 11.6 Å². The molecule has 0 bridgehead atoms. The van der Waals surface area contributed by atoms with Crippen molar-refractivity contribution in [2.45, 2.75) is 19.6 Å². The largest absolute Gasteiger partial charge is 0.367 e. The highest BCUT2D eigenvalue weighted by molar-refractivity contribution is 5.22. The number of rotatable bonds is 4. The molecule has 102 valence electrons. The van der Waals surface area contributed by atoms with Crippen molar-refractivity contribution in [1.82, 2.24) is 10.2 Å². The third-order valence-corrected chi connectivity index (χ3v) is 3.03. The number of hydrogen-bond donors (Lipinski definition) is 1. The first kappa shape index (κ1) is 13.3. The molecule has 0 saturated carbocycles. The lowest BCUT2D eigenvalue weighted by Gasteiger charge is -2.30. The van der Waals surface area contributed by atoms with E-state index in [4.69, 9.17) is 0 Å². The molecule has 1 aromatic carbocycles. The van der Waals surface area contributed by atoms with Gasteiger partial charge in [0.15, 0.2) is 5.82 Å². The zero-order valence-electron chi connectivity index (χ0n) is 10.5. The van der Waals surface area contributed by atoms with Gasteiger partial charge < -0.3 is 10.2 Å². The number of alkyl halides is 1. The summed E-state index contributed by atoms with van der Waals surface area (Å²) in [4.78, 5) is 12.0. The van der Waals surface area contributed by atoms with Gasteiger partial charge in [0.25, 0.3) is 6.20 Å². The number of hydrogen-bond acceptors (Lipinski definition) is 4. The summed E-state index contributed by atoms with van der Waals surface area (Å²) in [7, 11) is 0. The molecule has 1 aliphatic heterocycles. The maximum absolute atomic E-state index is 12.4. The highest BCUT2D eigenvalue weighted by Gasteiger charge is 2.17. The zero-order valence-corrected chi connectivity index (χ0v) is 10.5. The van der Waals surface area contributed by atoms with Gasteiger partial charge in [0, 0.05) is 19.6 Å². The Morgan fingerprint density at radius 1 is 1.37 bits per heavy atom. The van der Waals surface area contributed by atoms with E-state index in [-0.39, 0.29) is 0 Å². The molecule has 1 heterocycles. The third-order valence-electron chi connectivity index (χ3n) is 3.03. The summed E-state index contributed by atoms with van der Waals surface area (Å²) in [6, 6.07) is 7.19. The first-order chi connectivity index (χ1) is 9.19. The quantitative estimate of drug-likeness (QED) is 0.668. The average Bonchev–Trinajstić information content (AvgIpc) is 2.41. The van der Waals surface area contributed by atoms with Crippen LogP contribution in [0, 0.1) is 10.1 Å². The van der Waals surface area contributed by atoms with E-state index in [0.717, 1.165) is 31.3 Å². The fourth-order valence-corrected chi connectivity index (χ4v) is 2.06. The van der Waals surface area contributed by atoms with Crippen molar-refractivity contribution in [1.29, 1.82) is 0 Å². The minimum Gasteiger partial charge on any atom is -0.367 e. The zero-order chi connectivity index (χ0) is 13.7. The van der Waals surface area contributed by atoms with Crippen LogP contribution in [0.5, 0.6) is 0 Å². The van der Waals surface area contributed by atoms with Crippen molar-refractivity contribution >= 4 is 0 Å². The van der Waals surface area contributed by atoms with Crippen LogP contribution in [0.4, 0.5) is 4.39 Å². The highest BCUT2D eigenvalue weighted by atomic mass is 19.1. The molecule has 0 atom stereocenters. The van der Waals surface area contributed by atoms with Crippen LogP contribution < -0.4 is 5.32 Å². The Morgan fingerprint density at radius 3 is 2.68 bits per heavy atom. The normalized spacial score (nSPS) is 17.3. The Hall–Kier alpha value is -2.11. The summed E-state index contributed by atoms with van der Waals surface area (Å²) in [6.07, 6.45) is 1.94. The van der Waals surface area contributed by atoms with Crippen LogP contribution in [0.3, 0.4) is 0 Å². The standard InChI is InChI=1S/C13H16FN3O2/c14-8-11-2-4-12(5-3-11)9-16-7-1-6-15-13(16)10-17(18)19/h2-5,10,15H,1,6-9H2. The predicted octanol–water partition coefficient (Wildman–Crippen LogP) is 2.03. The molecule has 1 fully saturated rings. The van der Waals surface area contributed by atoms with Gasteiger partial charge in [-0.3, -0.25) is 10.1 Å². The number of nitro groups is 1. The molecule has 1 aromatic rings. The molecule has 1 aliphatic rings. The monoisotopic (exact) mass is 265 g/mol. The van der Waals surface area contributed by atoms with Gasteiger partial charge in [0.2, 0.25) is 0 Å². The van der Waals surface area contributed by atoms with Crippen molar-refractivity contribution in [2.75, 3.05) is 13.1 Å². The maximum atomic E-state index is 12.4. The summed E-state index contributed by atoms with van der Waals surface area (Å²) < 4.78 is 12.4. The van der Waals surface area contributed by atoms with E-state index in [2.05, 4.69) is 5.32 Å². The van der Waals surface area contributed by atoms with Crippen molar-refractivity contribution < 1.29 is 9.31 Å². The van der Waals surface area contributed by atoms with Crippen LogP contribution in [0.2, 0.25) is 0 Å². The Labute approximate surface area is 110 Å². The topological polar surface area (TPSA) is 58.4 Å². The minimum absolute atomic E-state index is 0.452. The molecule has 2 rings (SSSR count). The van der Waals surface area contributed by atoms with E-state index in [1.807, 2.05) is 17.0 Å².